The van der Waals surface area contributed by atoms with Crippen molar-refractivity contribution in [3.8, 4) is 0 Å². The average molecular weight is 355 g/mol. The normalized spacial score (nSPS) is 22.4. The summed E-state index contributed by atoms with van der Waals surface area (Å²) in [6.07, 6.45) is 2.52. The van der Waals surface area contributed by atoms with Crippen molar-refractivity contribution in [2.75, 3.05) is 60.0 Å². The van der Waals surface area contributed by atoms with Gasteiger partial charge in [0.05, 0.1) is 26.2 Å². The van der Waals surface area contributed by atoms with E-state index in [1.807, 2.05) is 14.7 Å². The third-order valence-electron chi connectivity index (χ3n) is 4.82. The molecule has 0 spiro atoms. The molecule has 2 rings (SSSR count). The summed E-state index contributed by atoms with van der Waals surface area (Å²) in [5.41, 5.74) is 0. The summed E-state index contributed by atoms with van der Waals surface area (Å²) < 4.78 is 10.2. The number of carbonyl (C=O) groups excluding carboxylic acids is 3. The van der Waals surface area contributed by atoms with E-state index < -0.39 is 0 Å². The molecule has 2 fully saturated rings. The van der Waals surface area contributed by atoms with E-state index >= 15 is 0 Å². The van der Waals surface area contributed by atoms with E-state index in [1.54, 1.807) is 7.11 Å². The van der Waals surface area contributed by atoms with Crippen LogP contribution in [0.5, 0.6) is 0 Å². The molecule has 25 heavy (non-hydrogen) atoms. The number of hydrogen-bond donors (Lipinski definition) is 0. The monoisotopic (exact) mass is 355 g/mol. The van der Waals surface area contributed by atoms with Crippen molar-refractivity contribution in [3.05, 3.63) is 0 Å². The van der Waals surface area contributed by atoms with Gasteiger partial charge < -0.3 is 19.3 Å². The zero-order valence-corrected chi connectivity index (χ0v) is 15.2. The molecule has 0 radical (unpaired) electrons. The van der Waals surface area contributed by atoms with E-state index in [9.17, 15) is 14.4 Å². The molecule has 0 aromatic carbocycles. The summed E-state index contributed by atoms with van der Waals surface area (Å²) in [5.74, 6) is -0.0269. The molecule has 2 aliphatic heterocycles. The maximum absolute atomic E-state index is 12.5. The van der Waals surface area contributed by atoms with Crippen LogP contribution in [-0.4, -0.2) is 98.6 Å². The summed E-state index contributed by atoms with van der Waals surface area (Å²) in [4.78, 5) is 41.1. The van der Waals surface area contributed by atoms with Gasteiger partial charge >= 0.3 is 5.97 Å². The van der Waals surface area contributed by atoms with Crippen molar-refractivity contribution in [1.82, 2.24) is 14.7 Å². The molecule has 2 aliphatic rings. The first-order valence-electron chi connectivity index (χ1n) is 8.91. The highest BCUT2D eigenvalue weighted by Gasteiger charge is 2.28. The molecule has 8 heteroatoms. The number of rotatable bonds is 8. The Kier molecular flexibility index (Phi) is 7.64. The highest BCUT2D eigenvalue weighted by atomic mass is 16.5. The van der Waals surface area contributed by atoms with Gasteiger partial charge in [0, 0.05) is 52.8 Å². The van der Waals surface area contributed by atoms with Gasteiger partial charge in [-0.05, 0) is 12.8 Å². The number of likely N-dealkylation sites (tertiary alicyclic amines) is 1. The summed E-state index contributed by atoms with van der Waals surface area (Å²) in [6.45, 7) is 4.06. The third kappa shape index (κ3) is 5.97. The van der Waals surface area contributed by atoms with Crippen LogP contribution in [0.15, 0.2) is 0 Å². The second-order valence-corrected chi connectivity index (χ2v) is 6.60. The zero-order chi connectivity index (χ0) is 18.2. The standard InChI is InChI=1S/C17H29N3O5/c1-24-14-11-18(10-6-17(23)25-2)13-16(22)20(12-14)9-4-8-19-7-3-5-15(19)21/h14H,3-13H2,1-2H3. The Morgan fingerprint density at radius 3 is 2.48 bits per heavy atom. The fraction of sp³-hybridized carbons (Fsp3) is 0.824. The van der Waals surface area contributed by atoms with E-state index in [0.29, 0.717) is 39.1 Å². The topological polar surface area (TPSA) is 79.4 Å². The van der Waals surface area contributed by atoms with Gasteiger partial charge in [-0.3, -0.25) is 19.3 Å². The van der Waals surface area contributed by atoms with Gasteiger partial charge in [0.1, 0.15) is 0 Å². The summed E-state index contributed by atoms with van der Waals surface area (Å²) in [5, 5.41) is 0. The van der Waals surface area contributed by atoms with Crippen LogP contribution >= 0.6 is 0 Å². The van der Waals surface area contributed by atoms with Crippen LogP contribution in [0.25, 0.3) is 0 Å². The van der Waals surface area contributed by atoms with Crippen LogP contribution in [0.4, 0.5) is 0 Å². The number of amides is 2. The van der Waals surface area contributed by atoms with Gasteiger partial charge in [-0.1, -0.05) is 0 Å². The molecule has 2 saturated heterocycles. The predicted molar refractivity (Wildman–Crippen MR) is 90.9 cm³/mol. The Morgan fingerprint density at radius 2 is 1.84 bits per heavy atom. The number of methoxy groups -OCH3 is 2. The van der Waals surface area contributed by atoms with Gasteiger partial charge in [-0.25, -0.2) is 0 Å². The Morgan fingerprint density at radius 1 is 1.08 bits per heavy atom. The molecule has 8 nitrogen and oxygen atoms in total. The lowest BCUT2D eigenvalue weighted by Gasteiger charge is -2.24. The molecule has 0 aliphatic carbocycles. The number of esters is 1. The largest absolute Gasteiger partial charge is 0.469 e. The van der Waals surface area contributed by atoms with Gasteiger partial charge in [0.2, 0.25) is 11.8 Å². The van der Waals surface area contributed by atoms with E-state index in [1.165, 1.54) is 7.11 Å². The van der Waals surface area contributed by atoms with Crippen LogP contribution in [0.1, 0.15) is 25.7 Å². The summed E-state index contributed by atoms with van der Waals surface area (Å²) in [7, 11) is 3.00. The molecule has 2 heterocycles. The number of ether oxygens (including phenoxy) is 2. The van der Waals surface area contributed by atoms with Gasteiger partial charge in [-0.2, -0.15) is 0 Å². The highest BCUT2D eigenvalue weighted by Crippen LogP contribution is 2.12. The molecule has 1 unspecified atom stereocenters. The minimum Gasteiger partial charge on any atom is -0.469 e. The molecular formula is C17H29N3O5. The van der Waals surface area contributed by atoms with Gasteiger partial charge in [-0.15, -0.1) is 0 Å². The van der Waals surface area contributed by atoms with E-state index in [2.05, 4.69) is 4.74 Å². The Bertz CT molecular complexity index is 485. The van der Waals surface area contributed by atoms with Crippen molar-refractivity contribution in [2.45, 2.75) is 31.8 Å². The lowest BCUT2D eigenvalue weighted by atomic mass is 10.3. The maximum Gasteiger partial charge on any atom is 0.306 e. The Hall–Kier alpha value is -1.67. The number of nitrogens with zero attached hydrogens (tertiary/aromatic N) is 3. The van der Waals surface area contributed by atoms with Crippen molar-refractivity contribution < 1.29 is 23.9 Å². The van der Waals surface area contributed by atoms with Crippen LogP contribution in [0.2, 0.25) is 0 Å². The molecule has 0 saturated carbocycles. The lowest BCUT2D eigenvalue weighted by molar-refractivity contribution is -0.141. The zero-order valence-electron chi connectivity index (χ0n) is 15.2. The molecular weight excluding hydrogens is 326 g/mol. The van der Waals surface area contributed by atoms with Crippen LogP contribution in [-0.2, 0) is 23.9 Å². The first-order chi connectivity index (χ1) is 12.0. The van der Waals surface area contributed by atoms with Crippen molar-refractivity contribution >= 4 is 17.8 Å². The molecule has 2 amide bonds. The molecule has 0 aromatic rings. The second kappa shape index (κ2) is 9.72. The van der Waals surface area contributed by atoms with Crippen molar-refractivity contribution in [2.24, 2.45) is 0 Å². The smallest absolute Gasteiger partial charge is 0.306 e. The van der Waals surface area contributed by atoms with Crippen molar-refractivity contribution in [3.63, 3.8) is 0 Å². The molecule has 142 valence electrons. The fourth-order valence-corrected chi connectivity index (χ4v) is 3.33. The SMILES string of the molecule is COC(=O)CCN1CC(=O)N(CCCN2CCCC2=O)CC(OC)C1. The minimum atomic E-state index is -0.280. The van der Waals surface area contributed by atoms with Crippen LogP contribution in [0.3, 0.4) is 0 Å². The lowest BCUT2D eigenvalue weighted by Crippen LogP contribution is -2.39. The number of carbonyl (C=O) groups is 3. The summed E-state index contributed by atoms with van der Waals surface area (Å²) >= 11 is 0. The number of hydrogen-bond acceptors (Lipinski definition) is 6. The average Bonchev–Trinajstić information content (AvgIpc) is 2.94. The Labute approximate surface area is 149 Å². The predicted octanol–water partition coefficient (Wildman–Crippen LogP) is -0.279. The highest BCUT2D eigenvalue weighted by molar-refractivity contribution is 5.79. The molecule has 0 bridgehead atoms. The second-order valence-electron chi connectivity index (χ2n) is 6.60. The van der Waals surface area contributed by atoms with Gasteiger partial charge in [0.25, 0.3) is 0 Å². The molecule has 1 atom stereocenters. The quantitative estimate of drug-likeness (QED) is 0.557. The minimum absolute atomic E-state index is 0.0390. The van der Waals surface area contributed by atoms with Crippen LogP contribution < -0.4 is 0 Å². The fourth-order valence-electron chi connectivity index (χ4n) is 3.33. The Balaban J connectivity index is 1.83. The first-order valence-corrected chi connectivity index (χ1v) is 8.91. The van der Waals surface area contributed by atoms with Crippen molar-refractivity contribution in [1.29, 1.82) is 0 Å². The van der Waals surface area contributed by atoms with Crippen LogP contribution in [0, 0.1) is 0 Å². The maximum atomic E-state index is 12.5. The summed E-state index contributed by atoms with van der Waals surface area (Å²) in [6, 6.07) is 0. The van der Waals surface area contributed by atoms with E-state index in [0.717, 1.165) is 19.4 Å². The third-order valence-corrected chi connectivity index (χ3v) is 4.82. The first kappa shape index (κ1) is 19.7. The van der Waals surface area contributed by atoms with E-state index in [4.69, 9.17) is 4.74 Å². The molecule has 0 N–H and O–H groups in total. The molecule has 0 aromatic heterocycles. The van der Waals surface area contributed by atoms with Gasteiger partial charge in [0.15, 0.2) is 0 Å². The van der Waals surface area contributed by atoms with E-state index in [-0.39, 0.29) is 36.9 Å².